The minimum Gasteiger partial charge on any atom is -0.481 e. The van der Waals surface area contributed by atoms with E-state index in [0.717, 1.165) is 36.8 Å². The predicted octanol–water partition coefficient (Wildman–Crippen LogP) is 4.13. The summed E-state index contributed by atoms with van der Waals surface area (Å²) in [4.78, 5) is 10.8. The Hall–Kier alpha value is -1.57. The minimum absolute atomic E-state index is 0.151. The fourth-order valence-corrected chi connectivity index (χ4v) is 1.79. The second-order valence-electron chi connectivity index (χ2n) is 4.24. The van der Waals surface area contributed by atoms with Crippen LogP contribution in [0.1, 0.15) is 44.6 Å². The van der Waals surface area contributed by atoms with Crippen molar-refractivity contribution in [2.75, 3.05) is 0 Å². The third-order valence-electron chi connectivity index (χ3n) is 2.65. The molecule has 0 saturated carbocycles. The molecule has 0 amide bonds. The van der Waals surface area contributed by atoms with Crippen LogP contribution in [0.5, 0.6) is 0 Å². The van der Waals surface area contributed by atoms with Crippen LogP contribution in [0.25, 0.3) is 6.08 Å². The van der Waals surface area contributed by atoms with Crippen molar-refractivity contribution in [2.24, 2.45) is 0 Å². The summed E-state index contributed by atoms with van der Waals surface area (Å²) in [5, 5.41) is 8.88. The minimum atomic E-state index is -0.747. The molecule has 0 aromatic heterocycles. The van der Waals surface area contributed by atoms with Gasteiger partial charge in [-0.2, -0.15) is 0 Å². The number of carboxylic acids is 1. The number of carboxylic acid groups (broad SMARTS) is 1. The topological polar surface area (TPSA) is 37.3 Å². The molecule has 0 aliphatic carbocycles. The Bertz CT molecular complexity index is 366. The van der Waals surface area contributed by atoms with Crippen LogP contribution >= 0.6 is 0 Å². The number of hydrogen-bond acceptors (Lipinski definition) is 1. The standard InChI is InChI=1S/C15H20O2/c1-2-3-5-10-14(12-15(16)17)11-13-8-6-4-7-9-13/h4,6-9,11H,2-3,5,10,12H2,1H3,(H,16,17). The van der Waals surface area contributed by atoms with Crippen LogP contribution in [-0.4, -0.2) is 11.1 Å². The van der Waals surface area contributed by atoms with Crippen molar-refractivity contribution in [3.63, 3.8) is 0 Å². The van der Waals surface area contributed by atoms with Gasteiger partial charge in [0, 0.05) is 0 Å². The van der Waals surface area contributed by atoms with Gasteiger partial charge >= 0.3 is 5.97 Å². The summed E-state index contributed by atoms with van der Waals surface area (Å²) in [5.41, 5.74) is 2.09. The zero-order valence-electron chi connectivity index (χ0n) is 10.4. The van der Waals surface area contributed by atoms with Crippen LogP contribution < -0.4 is 0 Å². The van der Waals surface area contributed by atoms with Crippen LogP contribution in [0, 0.1) is 0 Å². The highest BCUT2D eigenvalue weighted by atomic mass is 16.4. The van der Waals surface area contributed by atoms with Gasteiger partial charge in [0.05, 0.1) is 6.42 Å². The molecule has 2 nitrogen and oxygen atoms in total. The highest BCUT2D eigenvalue weighted by molar-refractivity contribution is 5.72. The first-order valence-corrected chi connectivity index (χ1v) is 6.18. The molecule has 0 saturated heterocycles. The van der Waals surface area contributed by atoms with Crippen molar-refractivity contribution in [3.05, 3.63) is 41.5 Å². The molecule has 1 aromatic carbocycles. The van der Waals surface area contributed by atoms with Crippen LogP contribution in [0.4, 0.5) is 0 Å². The number of rotatable bonds is 7. The zero-order valence-corrected chi connectivity index (χ0v) is 10.4. The van der Waals surface area contributed by atoms with E-state index in [-0.39, 0.29) is 6.42 Å². The Balaban J connectivity index is 2.67. The number of unbranched alkanes of at least 4 members (excludes halogenated alkanes) is 2. The molecule has 0 bridgehead atoms. The van der Waals surface area contributed by atoms with Crippen LogP contribution in [0.2, 0.25) is 0 Å². The van der Waals surface area contributed by atoms with Crippen molar-refractivity contribution in [3.8, 4) is 0 Å². The molecule has 0 aliphatic heterocycles. The van der Waals surface area contributed by atoms with E-state index in [0.29, 0.717) is 0 Å². The fourth-order valence-electron chi connectivity index (χ4n) is 1.79. The molecule has 0 fully saturated rings. The number of carbonyl (C=O) groups is 1. The molecule has 0 radical (unpaired) electrons. The van der Waals surface area contributed by atoms with Gasteiger partial charge in [0.15, 0.2) is 0 Å². The van der Waals surface area contributed by atoms with Crippen molar-refractivity contribution >= 4 is 12.0 Å². The van der Waals surface area contributed by atoms with Gasteiger partial charge in [-0.05, 0) is 18.4 Å². The van der Waals surface area contributed by atoms with Crippen LogP contribution in [-0.2, 0) is 4.79 Å². The first-order chi connectivity index (χ1) is 8.22. The molecule has 0 spiro atoms. The van der Waals surface area contributed by atoms with E-state index >= 15 is 0 Å². The maximum atomic E-state index is 10.8. The molecule has 17 heavy (non-hydrogen) atoms. The number of hydrogen-bond donors (Lipinski definition) is 1. The van der Waals surface area contributed by atoms with Crippen molar-refractivity contribution in [2.45, 2.75) is 39.0 Å². The molecule has 0 aliphatic rings. The fraction of sp³-hybridized carbons (Fsp3) is 0.400. The Morgan fingerprint density at radius 1 is 1.24 bits per heavy atom. The smallest absolute Gasteiger partial charge is 0.307 e. The molecular weight excluding hydrogens is 212 g/mol. The summed E-state index contributed by atoms with van der Waals surface area (Å²) < 4.78 is 0. The third-order valence-corrected chi connectivity index (χ3v) is 2.65. The summed E-state index contributed by atoms with van der Waals surface area (Å²) in [6.07, 6.45) is 6.43. The second-order valence-corrected chi connectivity index (χ2v) is 4.24. The predicted molar refractivity (Wildman–Crippen MR) is 70.8 cm³/mol. The van der Waals surface area contributed by atoms with Crippen LogP contribution in [0.3, 0.4) is 0 Å². The van der Waals surface area contributed by atoms with Crippen LogP contribution in [0.15, 0.2) is 35.9 Å². The van der Waals surface area contributed by atoms with E-state index in [1.807, 2.05) is 36.4 Å². The van der Waals surface area contributed by atoms with Crippen molar-refractivity contribution < 1.29 is 9.90 Å². The zero-order chi connectivity index (χ0) is 12.5. The number of benzene rings is 1. The van der Waals surface area contributed by atoms with E-state index < -0.39 is 5.97 Å². The van der Waals surface area contributed by atoms with E-state index in [1.165, 1.54) is 0 Å². The molecule has 92 valence electrons. The van der Waals surface area contributed by atoms with Crippen molar-refractivity contribution in [1.29, 1.82) is 0 Å². The summed E-state index contributed by atoms with van der Waals surface area (Å²) in [6.45, 7) is 2.15. The van der Waals surface area contributed by atoms with Gasteiger partial charge < -0.3 is 5.11 Å². The normalized spacial score (nSPS) is 11.5. The molecule has 1 aromatic rings. The summed E-state index contributed by atoms with van der Waals surface area (Å²) in [5.74, 6) is -0.747. The first kappa shape index (κ1) is 13.5. The van der Waals surface area contributed by atoms with Gasteiger partial charge in [0.25, 0.3) is 0 Å². The summed E-state index contributed by atoms with van der Waals surface area (Å²) in [6, 6.07) is 9.90. The lowest BCUT2D eigenvalue weighted by atomic mass is 10.0. The molecular formula is C15H20O2. The van der Waals surface area contributed by atoms with E-state index in [1.54, 1.807) is 0 Å². The van der Waals surface area contributed by atoms with Gasteiger partial charge in [-0.3, -0.25) is 4.79 Å². The molecule has 0 heterocycles. The summed E-state index contributed by atoms with van der Waals surface area (Å²) >= 11 is 0. The van der Waals surface area contributed by atoms with Gasteiger partial charge in [-0.15, -0.1) is 0 Å². The average Bonchev–Trinajstić information content (AvgIpc) is 2.30. The monoisotopic (exact) mass is 232 g/mol. The van der Waals surface area contributed by atoms with Crippen molar-refractivity contribution in [1.82, 2.24) is 0 Å². The lowest BCUT2D eigenvalue weighted by Crippen LogP contribution is -1.97. The third kappa shape index (κ3) is 5.91. The molecule has 2 heteroatoms. The SMILES string of the molecule is CCCCCC(=Cc1ccccc1)CC(=O)O. The Labute approximate surface area is 103 Å². The highest BCUT2D eigenvalue weighted by Crippen LogP contribution is 2.16. The van der Waals surface area contributed by atoms with E-state index in [2.05, 4.69) is 6.92 Å². The highest BCUT2D eigenvalue weighted by Gasteiger charge is 2.04. The van der Waals surface area contributed by atoms with Gasteiger partial charge in [-0.1, -0.05) is 61.7 Å². The van der Waals surface area contributed by atoms with E-state index in [9.17, 15) is 4.79 Å². The maximum Gasteiger partial charge on any atom is 0.307 e. The largest absolute Gasteiger partial charge is 0.481 e. The molecule has 1 rings (SSSR count). The van der Waals surface area contributed by atoms with Gasteiger partial charge in [-0.25, -0.2) is 0 Å². The average molecular weight is 232 g/mol. The number of aliphatic carboxylic acids is 1. The Morgan fingerprint density at radius 2 is 1.94 bits per heavy atom. The molecule has 1 N–H and O–H groups in total. The maximum absolute atomic E-state index is 10.8. The second kappa shape index (κ2) is 7.66. The van der Waals surface area contributed by atoms with Gasteiger partial charge in [0.2, 0.25) is 0 Å². The van der Waals surface area contributed by atoms with Gasteiger partial charge in [0.1, 0.15) is 0 Å². The Kier molecular flexibility index (Phi) is 6.08. The summed E-state index contributed by atoms with van der Waals surface area (Å²) in [7, 11) is 0. The molecule has 0 atom stereocenters. The quantitative estimate of drug-likeness (QED) is 0.718. The lowest BCUT2D eigenvalue weighted by Gasteiger charge is -2.05. The first-order valence-electron chi connectivity index (χ1n) is 6.18. The molecule has 0 unspecified atom stereocenters. The van der Waals surface area contributed by atoms with E-state index in [4.69, 9.17) is 5.11 Å². The lowest BCUT2D eigenvalue weighted by molar-refractivity contribution is -0.136. The Morgan fingerprint density at radius 3 is 2.53 bits per heavy atom.